The van der Waals surface area contributed by atoms with Gasteiger partial charge in [-0.1, -0.05) is 0 Å². The summed E-state index contributed by atoms with van der Waals surface area (Å²) in [6, 6.07) is 3.96. The van der Waals surface area contributed by atoms with Gasteiger partial charge in [0, 0.05) is 6.54 Å². The zero-order chi connectivity index (χ0) is 13.5. The number of nitrogens with two attached hydrogens (primary N) is 1. The normalized spacial score (nSPS) is 18.2. The number of fused-ring (bicyclic) bond motifs is 1. The standard InChI is InChI=1S/C14H18N2O3/c1-9-6-11-12(19-8-18-11)7-10(9)2-5-16-13(17)14(15)3-4-14/h6-7H,2-5,8,15H2,1H3,(H,16,17). The third-order valence-electron chi connectivity index (χ3n) is 3.75. The number of rotatable bonds is 4. The lowest BCUT2D eigenvalue weighted by molar-refractivity contribution is -0.123. The van der Waals surface area contributed by atoms with Crippen molar-refractivity contribution >= 4 is 5.91 Å². The van der Waals surface area contributed by atoms with Crippen LogP contribution in [0.5, 0.6) is 11.5 Å². The van der Waals surface area contributed by atoms with Gasteiger partial charge in [0.1, 0.15) is 0 Å². The number of aryl methyl sites for hydroxylation is 1. The highest BCUT2D eigenvalue weighted by Gasteiger charge is 2.45. The molecule has 0 atom stereocenters. The van der Waals surface area contributed by atoms with Crippen molar-refractivity contribution in [3.05, 3.63) is 23.3 Å². The molecule has 0 bridgehead atoms. The van der Waals surface area contributed by atoms with Crippen LogP contribution in [0.15, 0.2) is 12.1 Å². The second-order valence-electron chi connectivity index (χ2n) is 5.29. The maximum Gasteiger partial charge on any atom is 0.240 e. The summed E-state index contributed by atoms with van der Waals surface area (Å²) in [5.74, 6) is 1.54. The predicted octanol–water partition coefficient (Wildman–Crippen LogP) is 0.874. The number of benzene rings is 1. The maximum atomic E-state index is 11.7. The van der Waals surface area contributed by atoms with Crippen molar-refractivity contribution in [2.24, 2.45) is 5.73 Å². The molecule has 1 aromatic carbocycles. The molecule has 0 radical (unpaired) electrons. The van der Waals surface area contributed by atoms with Gasteiger partial charge < -0.3 is 20.5 Å². The number of hydrogen-bond acceptors (Lipinski definition) is 4. The highest BCUT2D eigenvalue weighted by Crippen LogP contribution is 2.35. The van der Waals surface area contributed by atoms with Gasteiger partial charge >= 0.3 is 0 Å². The Kier molecular flexibility index (Phi) is 2.86. The average Bonchev–Trinajstić information content (AvgIpc) is 2.98. The Labute approximate surface area is 112 Å². The van der Waals surface area contributed by atoms with Gasteiger partial charge in [0.25, 0.3) is 0 Å². The first-order valence-electron chi connectivity index (χ1n) is 6.55. The van der Waals surface area contributed by atoms with Gasteiger partial charge in [-0.25, -0.2) is 0 Å². The van der Waals surface area contributed by atoms with Crippen molar-refractivity contribution in [1.82, 2.24) is 5.32 Å². The van der Waals surface area contributed by atoms with Crippen molar-refractivity contribution in [3.63, 3.8) is 0 Å². The number of amides is 1. The van der Waals surface area contributed by atoms with E-state index in [1.165, 1.54) is 0 Å². The SMILES string of the molecule is Cc1cc2c(cc1CCNC(=O)C1(N)CC1)OCO2. The molecule has 1 aliphatic carbocycles. The molecule has 1 aromatic rings. The predicted molar refractivity (Wildman–Crippen MR) is 70.2 cm³/mol. The van der Waals surface area contributed by atoms with E-state index in [1.54, 1.807) is 0 Å². The second kappa shape index (κ2) is 4.42. The van der Waals surface area contributed by atoms with E-state index in [4.69, 9.17) is 15.2 Å². The smallest absolute Gasteiger partial charge is 0.240 e. The molecule has 102 valence electrons. The van der Waals surface area contributed by atoms with Crippen LogP contribution in [0.25, 0.3) is 0 Å². The molecule has 19 heavy (non-hydrogen) atoms. The van der Waals surface area contributed by atoms with E-state index in [0.717, 1.165) is 41.9 Å². The van der Waals surface area contributed by atoms with Gasteiger partial charge in [-0.05, 0) is 49.4 Å². The first-order valence-corrected chi connectivity index (χ1v) is 6.55. The van der Waals surface area contributed by atoms with E-state index >= 15 is 0 Å². The molecule has 3 N–H and O–H groups in total. The van der Waals surface area contributed by atoms with Crippen molar-refractivity contribution in [1.29, 1.82) is 0 Å². The summed E-state index contributed by atoms with van der Waals surface area (Å²) in [6.07, 6.45) is 2.36. The van der Waals surface area contributed by atoms with E-state index in [-0.39, 0.29) is 12.7 Å². The molecule has 5 nitrogen and oxygen atoms in total. The Hall–Kier alpha value is -1.75. The first kappa shape index (κ1) is 12.3. The zero-order valence-corrected chi connectivity index (χ0v) is 11.0. The number of carbonyl (C=O) groups is 1. The number of hydrogen-bond donors (Lipinski definition) is 2. The van der Waals surface area contributed by atoms with Gasteiger partial charge in [-0.3, -0.25) is 4.79 Å². The van der Waals surface area contributed by atoms with Crippen LogP contribution in [0.2, 0.25) is 0 Å². The summed E-state index contributed by atoms with van der Waals surface area (Å²) in [5.41, 5.74) is 7.54. The lowest BCUT2D eigenvalue weighted by Crippen LogP contribution is -2.43. The molecule has 0 spiro atoms. The molecule has 0 saturated heterocycles. The first-order chi connectivity index (χ1) is 9.08. The lowest BCUT2D eigenvalue weighted by Gasteiger charge is -2.11. The minimum absolute atomic E-state index is 0.0362. The van der Waals surface area contributed by atoms with Crippen LogP contribution >= 0.6 is 0 Å². The molecule has 1 amide bonds. The van der Waals surface area contributed by atoms with Gasteiger partial charge in [0.05, 0.1) is 5.54 Å². The van der Waals surface area contributed by atoms with Gasteiger partial charge in [0.15, 0.2) is 11.5 Å². The number of carbonyl (C=O) groups excluding carboxylic acids is 1. The van der Waals surface area contributed by atoms with Crippen molar-refractivity contribution in [2.75, 3.05) is 13.3 Å². The quantitative estimate of drug-likeness (QED) is 0.844. The Morgan fingerprint density at radius 1 is 1.37 bits per heavy atom. The van der Waals surface area contributed by atoms with E-state index in [2.05, 4.69) is 5.32 Å². The van der Waals surface area contributed by atoms with E-state index in [0.29, 0.717) is 6.54 Å². The Bertz CT molecular complexity index is 524. The molecule has 5 heteroatoms. The molecular formula is C14H18N2O3. The summed E-state index contributed by atoms with van der Waals surface area (Å²) in [5, 5.41) is 2.89. The Morgan fingerprint density at radius 2 is 2.05 bits per heavy atom. The molecule has 1 fully saturated rings. The zero-order valence-electron chi connectivity index (χ0n) is 11.0. The fourth-order valence-corrected chi connectivity index (χ4v) is 2.20. The summed E-state index contributed by atoms with van der Waals surface area (Å²) in [7, 11) is 0. The van der Waals surface area contributed by atoms with Gasteiger partial charge in [0.2, 0.25) is 12.7 Å². The maximum absolute atomic E-state index is 11.7. The molecule has 1 heterocycles. The Balaban J connectivity index is 1.59. The molecule has 1 saturated carbocycles. The highest BCUT2D eigenvalue weighted by molar-refractivity contribution is 5.88. The van der Waals surface area contributed by atoms with E-state index in [1.807, 2.05) is 19.1 Å². The fraction of sp³-hybridized carbons (Fsp3) is 0.500. The number of nitrogens with one attached hydrogen (secondary N) is 1. The second-order valence-corrected chi connectivity index (χ2v) is 5.29. The molecule has 3 rings (SSSR count). The van der Waals surface area contributed by atoms with Crippen molar-refractivity contribution in [3.8, 4) is 11.5 Å². The lowest BCUT2D eigenvalue weighted by atomic mass is 10.0. The topological polar surface area (TPSA) is 73.6 Å². The molecule has 2 aliphatic rings. The summed E-state index contributed by atoms with van der Waals surface area (Å²) < 4.78 is 10.7. The van der Waals surface area contributed by atoms with Gasteiger partial charge in [-0.2, -0.15) is 0 Å². The summed E-state index contributed by atoms with van der Waals surface area (Å²) >= 11 is 0. The van der Waals surface area contributed by atoms with Crippen LogP contribution in [-0.2, 0) is 11.2 Å². The third-order valence-corrected chi connectivity index (χ3v) is 3.75. The molecular weight excluding hydrogens is 244 g/mol. The van der Waals surface area contributed by atoms with E-state index < -0.39 is 5.54 Å². The molecule has 0 aromatic heterocycles. The monoisotopic (exact) mass is 262 g/mol. The van der Waals surface area contributed by atoms with Crippen LogP contribution in [0, 0.1) is 6.92 Å². The van der Waals surface area contributed by atoms with Gasteiger partial charge in [-0.15, -0.1) is 0 Å². The summed E-state index contributed by atoms with van der Waals surface area (Å²) in [4.78, 5) is 11.7. The van der Waals surface area contributed by atoms with Crippen molar-refractivity contribution in [2.45, 2.75) is 31.7 Å². The fourth-order valence-electron chi connectivity index (χ4n) is 2.20. The van der Waals surface area contributed by atoms with Crippen LogP contribution in [-0.4, -0.2) is 24.8 Å². The molecule has 0 unspecified atom stereocenters. The Morgan fingerprint density at radius 3 is 2.74 bits per heavy atom. The van der Waals surface area contributed by atoms with Crippen molar-refractivity contribution < 1.29 is 14.3 Å². The highest BCUT2D eigenvalue weighted by atomic mass is 16.7. The molecule has 1 aliphatic heterocycles. The minimum Gasteiger partial charge on any atom is -0.454 e. The van der Waals surface area contributed by atoms with E-state index in [9.17, 15) is 4.79 Å². The number of ether oxygens (including phenoxy) is 2. The van der Waals surface area contributed by atoms with Crippen LogP contribution in [0.1, 0.15) is 24.0 Å². The minimum atomic E-state index is -0.593. The van der Waals surface area contributed by atoms with Crippen LogP contribution < -0.4 is 20.5 Å². The van der Waals surface area contributed by atoms with Crippen LogP contribution in [0.3, 0.4) is 0 Å². The summed E-state index contributed by atoms with van der Waals surface area (Å²) in [6.45, 7) is 2.91. The largest absolute Gasteiger partial charge is 0.454 e. The average molecular weight is 262 g/mol. The third kappa shape index (κ3) is 2.38. The van der Waals surface area contributed by atoms with Crippen LogP contribution in [0.4, 0.5) is 0 Å².